The van der Waals surface area contributed by atoms with Crippen LogP contribution in [0, 0.1) is 6.92 Å². The molecule has 0 spiro atoms. The van der Waals surface area contributed by atoms with E-state index in [0.717, 1.165) is 33.3 Å². The van der Waals surface area contributed by atoms with Crippen molar-refractivity contribution in [2.24, 2.45) is 0 Å². The molecule has 130 valence electrons. The number of nitrogens with zero attached hydrogens (tertiary/aromatic N) is 1. The van der Waals surface area contributed by atoms with Gasteiger partial charge in [-0.2, -0.15) is 0 Å². The quantitative estimate of drug-likeness (QED) is 0.553. The summed E-state index contributed by atoms with van der Waals surface area (Å²) in [7, 11) is 1.84. The van der Waals surface area contributed by atoms with Crippen molar-refractivity contribution in [1.82, 2.24) is 10.3 Å². The van der Waals surface area contributed by atoms with Crippen molar-refractivity contribution in [3.63, 3.8) is 0 Å². The third kappa shape index (κ3) is 2.85. The molecule has 0 aliphatic rings. The first-order valence-electron chi connectivity index (χ1n) is 8.60. The first-order valence-corrected chi connectivity index (χ1v) is 8.60. The van der Waals surface area contributed by atoms with Crippen molar-refractivity contribution >= 4 is 11.1 Å². The van der Waals surface area contributed by atoms with Crippen molar-refractivity contribution in [3.05, 3.63) is 71.8 Å². The fraction of sp³-hybridized carbons (Fsp3) is 0.136. The maximum atomic E-state index is 10.1. The molecule has 0 unspecified atom stereocenters. The number of aromatic nitrogens is 1. The van der Waals surface area contributed by atoms with E-state index >= 15 is 0 Å². The Morgan fingerprint density at radius 2 is 1.77 bits per heavy atom. The Labute approximate surface area is 152 Å². The van der Waals surface area contributed by atoms with E-state index in [0.29, 0.717) is 18.0 Å². The molecule has 3 aromatic carbocycles. The number of hydrogen-bond donors (Lipinski definition) is 2. The smallest absolute Gasteiger partial charge is 0.227 e. The van der Waals surface area contributed by atoms with E-state index < -0.39 is 0 Å². The summed E-state index contributed by atoms with van der Waals surface area (Å²) in [5.41, 5.74) is 6.52. The van der Waals surface area contributed by atoms with Gasteiger partial charge < -0.3 is 14.8 Å². The highest BCUT2D eigenvalue weighted by atomic mass is 16.3. The van der Waals surface area contributed by atoms with Crippen molar-refractivity contribution in [2.75, 3.05) is 7.05 Å². The predicted molar refractivity (Wildman–Crippen MR) is 104 cm³/mol. The van der Waals surface area contributed by atoms with Gasteiger partial charge in [0.05, 0.1) is 0 Å². The van der Waals surface area contributed by atoms with Gasteiger partial charge in [0.2, 0.25) is 5.89 Å². The first kappa shape index (κ1) is 16.4. The summed E-state index contributed by atoms with van der Waals surface area (Å²) in [6.45, 7) is 2.66. The number of oxazole rings is 1. The molecule has 1 aromatic heterocycles. The molecule has 26 heavy (non-hydrogen) atoms. The Morgan fingerprint density at radius 1 is 1.00 bits per heavy atom. The van der Waals surface area contributed by atoms with Crippen LogP contribution in [0.5, 0.6) is 5.75 Å². The minimum atomic E-state index is 0.212. The average molecular weight is 344 g/mol. The van der Waals surface area contributed by atoms with E-state index in [1.165, 1.54) is 0 Å². The zero-order valence-electron chi connectivity index (χ0n) is 14.8. The van der Waals surface area contributed by atoms with Gasteiger partial charge in [-0.25, -0.2) is 4.98 Å². The summed E-state index contributed by atoms with van der Waals surface area (Å²) in [6.07, 6.45) is 0. The maximum Gasteiger partial charge on any atom is 0.227 e. The Kier molecular flexibility index (Phi) is 4.19. The predicted octanol–water partition coefficient (Wildman–Crippen LogP) is 4.90. The minimum Gasteiger partial charge on any atom is -0.507 e. The molecule has 0 bridgehead atoms. The lowest BCUT2D eigenvalue weighted by Gasteiger charge is -2.09. The highest BCUT2D eigenvalue weighted by Crippen LogP contribution is 2.34. The number of phenolic OH excluding ortho intramolecular Hbond substituents is 1. The molecule has 1 heterocycles. The van der Waals surface area contributed by atoms with Gasteiger partial charge in [-0.15, -0.1) is 0 Å². The summed E-state index contributed by atoms with van der Waals surface area (Å²) in [6, 6.07) is 19.9. The fourth-order valence-corrected chi connectivity index (χ4v) is 3.25. The molecule has 4 nitrogen and oxygen atoms in total. The highest BCUT2D eigenvalue weighted by Gasteiger charge is 2.15. The van der Waals surface area contributed by atoms with E-state index in [1.54, 1.807) is 6.07 Å². The number of fused-ring (bicyclic) bond motifs is 1. The summed E-state index contributed by atoms with van der Waals surface area (Å²) in [5, 5.41) is 13.2. The van der Waals surface area contributed by atoms with E-state index in [-0.39, 0.29) is 5.75 Å². The number of phenols is 1. The molecule has 0 fully saturated rings. The molecule has 0 saturated heterocycles. The van der Waals surface area contributed by atoms with Crippen LogP contribution in [0.3, 0.4) is 0 Å². The zero-order chi connectivity index (χ0) is 18.1. The van der Waals surface area contributed by atoms with Crippen molar-refractivity contribution in [1.29, 1.82) is 0 Å². The number of rotatable bonds is 4. The van der Waals surface area contributed by atoms with Gasteiger partial charge in [0, 0.05) is 23.7 Å². The van der Waals surface area contributed by atoms with Gasteiger partial charge >= 0.3 is 0 Å². The second-order valence-corrected chi connectivity index (χ2v) is 6.34. The summed E-state index contributed by atoms with van der Waals surface area (Å²) in [5.74, 6) is 0.778. The van der Waals surface area contributed by atoms with E-state index in [2.05, 4.69) is 35.4 Å². The Balaban J connectivity index is 1.83. The summed E-state index contributed by atoms with van der Waals surface area (Å²) >= 11 is 0. The standard InChI is InChI=1S/C22H20N2O2/c1-14-17(15-7-4-3-5-8-15)9-6-10-18(14)22-24-19-11-16(13-23-2)20(25)12-21(19)26-22/h3-12,23,25H,13H2,1-2H3. The van der Waals surface area contributed by atoms with Crippen LogP contribution in [0.15, 0.2) is 65.1 Å². The van der Waals surface area contributed by atoms with Crippen LogP contribution in [0.4, 0.5) is 0 Å². The van der Waals surface area contributed by atoms with E-state index in [4.69, 9.17) is 4.42 Å². The first-order chi connectivity index (χ1) is 12.7. The molecule has 2 N–H and O–H groups in total. The van der Waals surface area contributed by atoms with Crippen LogP contribution in [0.2, 0.25) is 0 Å². The van der Waals surface area contributed by atoms with Gasteiger partial charge in [0.15, 0.2) is 5.58 Å². The third-order valence-electron chi connectivity index (χ3n) is 4.61. The lowest BCUT2D eigenvalue weighted by molar-refractivity contribution is 0.465. The maximum absolute atomic E-state index is 10.1. The molecule has 0 amide bonds. The van der Waals surface area contributed by atoms with Gasteiger partial charge in [-0.1, -0.05) is 42.5 Å². The average Bonchev–Trinajstić information content (AvgIpc) is 3.05. The lowest BCUT2D eigenvalue weighted by Crippen LogP contribution is -2.04. The largest absolute Gasteiger partial charge is 0.507 e. The van der Waals surface area contributed by atoms with Gasteiger partial charge in [0.25, 0.3) is 0 Å². The SMILES string of the molecule is CNCc1cc2nc(-c3cccc(-c4ccccc4)c3C)oc2cc1O. The molecular formula is C22H20N2O2. The summed E-state index contributed by atoms with van der Waals surface area (Å²) < 4.78 is 5.95. The molecule has 0 aliphatic carbocycles. The summed E-state index contributed by atoms with van der Waals surface area (Å²) in [4.78, 5) is 4.66. The highest BCUT2D eigenvalue weighted by molar-refractivity contribution is 5.81. The second-order valence-electron chi connectivity index (χ2n) is 6.34. The number of benzene rings is 3. The van der Waals surface area contributed by atoms with Crippen LogP contribution >= 0.6 is 0 Å². The lowest BCUT2D eigenvalue weighted by atomic mass is 9.96. The molecule has 0 atom stereocenters. The fourth-order valence-electron chi connectivity index (χ4n) is 3.25. The van der Waals surface area contributed by atoms with Crippen molar-refractivity contribution in [3.8, 4) is 28.3 Å². The van der Waals surface area contributed by atoms with Crippen molar-refractivity contribution in [2.45, 2.75) is 13.5 Å². The van der Waals surface area contributed by atoms with Gasteiger partial charge in [-0.3, -0.25) is 0 Å². The van der Waals surface area contributed by atoms with Crippen LogP contribution < -0.4 is 5.32 Å². The second kappa shape index (κ2) is 6.65. The van der Waals surface area contributed by atoms with E-state index in [9.17, 15) is 5.11 Å². The molecule has 4 rings (SSSR count). The molecule has 0 aliphatic heterocycles. The number of aromatic hydroxyl groups is 1. The van der Waals surface area contributed by atoms with Gasteiger partial charge in [0.1, 0.15) is 11.3 Å². The Morgan fingerprint density at radius 3 is 2.54 bits per heavy atom. The van der Waals surface area contributed by atoms with Crippen LogP contribution in [0.25, 0.3) is 33.7 Å². The molecule has 0 radical (unpaired) electrons. The van der Waals surface area contributed by atoms with Crippen LogP contribution in [-0.2, 0) is 6.54 Å². The zero-order valence-corrected chi connectivity index (χ0v) is 14.8. The molecule has 4 aromatic rings. The van der Waals surface area contributed by atoms with E-state index in [1.807, 2.05) is 43.4 Å². The topological polar surface area (TPSA) is 58.3 Å². The Hall–Kier alpha value is -3.11. The molecule has 0 saturated carbocycles. The molecule has 4 heteroatoms. The van der Waals surface area contributed by atoms with Gasteiger partial charge in [-0.05, 0) is 42.8 Å². The number of hydrogen-bond acceptors (Lipinski definition) is 4. The third-order valence-corrected chi connectivity index (χ3v) is 4.61. The monoisotopic (exact) mass is 344 g/mol. The normalized spacial score (nSPS) is 11.2. The van der Waals surface area contributed by atoms with Crippen LogP contribution in [-0.4, -0.2) is 17.1 Å². The van der Waals surface area contributed by atoms with Crippen molar-refractivity contribution < 1.29 is 9.52 Å². The minimum absolute atomic E-state index is 0.212. The number of nitrogens with one attached hydrogen (secondary N) is 1. The Bertz CT molecular complexity index is 1070. The van der Waals surface area contributed by atoms with Crippen LogP contribution in [0.1, 0.15) is 11.1 Å². The molecular weight excluding hydrogens is 324 g/mol.